The Morgan fingerprint density at radius 1 is 1.35 bits per heavy atom. The van der Waals surface area contributed by atoms with Gasteiger partial charge in [0.15, 0.2) is 0 Å². The summed E-state index contributed by atoms with van der Waals surface area (Å²) >= 11 is 7.70. The van der Waals surface area contributed by atoms with Crippen LogP contribution in [0, 0.1) is 13.8 Å². The third-order valence-electron chi connectivity index (χ3n) is 2.32. The fraction of sp³-hybridized carbons (Fsp3) is 0.333. The molecule has 2 aromatic heterocycles. The van der Waals surface area contributed by atoms with Gasteiger partial charge in [-0.1, -0.05) is 17.7 Å². The number of ether oxygens (including phenoxy) is 1. The maximum atomic E-state index is 5.97. The van der Waals surface area contributed by atoms with Crippen molar-refractivity contribution in [3.05, 3.63) is 38.9 Å². The monoisotopic (exact) mass is 268 g/mol. The van der Waals surface area contributed by atoms with Crippen LogP contribution in [0.3, 0.4) is 0 Å². The zero-order valence-corrected chi connectivity index (χ0v) is 11.3. The Labute approximate surface area is 109 Å². The summed E-state index contributed by atoms with van der Waals surface area (Å²) in [6, 6.07) is 4.13. The molecule has 2 rings (SSSR count). The molecule has 0 spiro atoms. The van der Waals surface area contributed by atoms with Crippen molar-refractivity contribution in [3.63, 3.8) is 0 Å². The van der Waals surface area contributed by atoms with Crippen molar-refractivity contribution in [1.82, 2.24) is 9.97 Å². The van der Waals surface area contributed by atoms with Gasteiger partial charge in [0.2, 0.25) is 5.88 Å². The summed E-state index contributed by atoms with van der Waals surface area (Å²) < 4.78 is 5.64. The van der Waals surface area contributed by atoms with Crippen LogP contribution in [0.1, 0.15) is 16.3 Å². The molecular weight excluding hydrogens is 256 g/mol. The molecule has 0 aromatic carbocycles. The first-order valence-electron chi connectivity index (χ1n) is 5.32. The molecule has 0 bridgehead atoms. The van der Waals surface area contributed by atoms with Crippen molar-refractivity contribution >= 4 is 22.9 Å². The maximum Gasteiger partial charge on any atom is 0.221 e. The lowest BCUT2D eigenvalue weighted by molar-refractivity contribution is 0.306. The molecule has 3 nitrogen and oxygen atoms in total. The Morgan fingerprint density at radius 2 is 2.18 bits per heavy atom. The lowest BCUT2D eigenvalue weighted by Gasteiger charge is -2.08. The van der Waals surface area contributed by atoms with E-state index >= 15 is 0 Å². The molecule has 0 aliphatic heterocycles. The van der Waals surface area contributed by atoms with Crippen LogP contribution in [-0.4, -0.2) is 16.6 Å². The van der Waals surface area contributed by atoms with Gasteiger partial charge in [0, 0.05) is 16.9 Å². The van der Waals surface area contributed by atoms with Gasteiger partial charge in [0.1, 0.15) is 11.0 Å². The molecule has 90 valence electrons. The number of thiophene rings is 1. The second-order valence-corrected chi connectivity index (χ2v) is 5.06. The zero-order valence-electron chi connectivity index (χ0n) is 9.74. The van der Waals surface area contributed by atoms with Crippen molar-refractivity contribution in [2.24, 2.45) is 0 Å². The van der Waals surface area contributed by atoms with Crippen LogP contribution in [0.5, 0.6) is 5.88 Å². The summed E-state index contributed by atoms with van der Waals surface area (Å²) in [5, 5.41) is 2.52. The summed E-state index contributed by atoms with van der Waals surface area (Å²) in [4.78, 5) is 9.61. The fourth-order valence-electron chi connectivity index (χ4n) is 1.41. The lowest BCUT2D eigenvalue weighted by atomic mass is 10.3. The van der Waals surface area contributed by atoms with Crippen LogP contribution < -0.4 is 4.74 Å². The highest BCUT2D eigenvalue weighted by Gasteiger charge is 2.08. The van der Waals surface area contributed by atoms with E-state index in [2.05, 4.69) is 21.4 Å². The van der Waals surface area contributed by atoms with Gasteiger partial charge >= 0.3 is 0 Å². The number of aryl methyl sites for hydroxylation is 1. The maximum absolute atomic E-state index is 5.97. The smallest absolute Gasteiger partial charge is 0.221 e. The number of hydrogen-bond acceptors (Lipinski definition) is 4. The van der Waals surface area contributed by atoms with E-state index in [9.17, 15) is 0 Å². The molecule has 0 saturated heterocycles. The van der Waals surface area contributed by atoms with Crippen LogP contribution in [0.2, 0.25) is 5.15 Å². The van der Waals surface area contributed by atoms with Crippen molar-refractivity contribution in [2.75, 3.05) is 6.61 Å². The SMILES string of the molecule is Cc1nc(Cl)c(C)c(OCCc2cccs2)n1. The average molecular weight is 269 g/mol. The topological polar surface area (TPSA) is 35.0 Å². The largest absolute Gasteiger partial charge is 0.477 e. The standard InChI is InChI=1S/C12H13ClN2OS/c1-8-11(13)14-9(2)15-12(8)16-6-5-10-4-3-7-17-10/h3-4,7H,5-6H2,1-2H3. The van der Waals surface area contributed by atoms with Gasteiger partial charge in [-0.25, -0.2) is 4.98 Å². The minimum atomic E-state index is 0.462. The summed E-state index contributed by atoms with van der Waals surface area (Å²) in [7, 11) is 0. The highest BCUT2D eigenvalue weighted by atomic mass is 35.5. The predicted octanol–water partition coefficient (Wildman–Crippen LogP) is 3.43. The van der Waals surface area contributed by atoms with E-state index in [1.54, 1.807) is 18.3 Å². The van der Waals surface area contributed by atoms with Crippen molar-refractivity contribution in [2.45, 2.75) is 20.3 Å². The van der Waals surface area contributed by atoms with E-state index in [1.165, 1.54) is 4.88 Å². The summed E-state index contributed by atoms with van der Waals surface area (Å²) in [5.41, 5.74) is 0.795. The van der Waals surface area contributed by atoms with Crippen molar-refractivity contribution in [3.8, 4) is 5.88 Å². The summed E-state index contributed by atoms with van der Waals surface area (Å²) in [6.07, 6.45) is 0.887. The number of nitrogens with zero attached hydrogens (tertiary/aromatic N) is 2. The van der Waals surface area contributed by atoms with Crippen LogP contribution >= 0.6 is 22.9 Å². The molecule has 0 saturated carbocycles. The number of rotatable bonds is 4. The number of aromatic nitrogens is 2. The minimum absolute atomic E-state index is 0.462. The normalized spacial score (nSPS) is 10.5. The van der Waals surface area contributed by atoms with Crippen molar-refractivity contribution in [1.29, 1.82) is 0 Å². The fourth-order valence-corrected chi connectivity index (χ4v) is 2.31. The van der Waals surface area contributed by atoms with E-state index in [-0.39, 0.29) is 0 Å². The molecule has 0 aliphatic rings. The molecule has 2 heterocycles. The first-order valence-corrected chi connectivity index (χ1v) is 6.58. The Balaban J connectivity index is 1.99. The van der Waals surface area contributed by atoms with Gasteiger partial charge in [-0.3, -0.25) is 0 Å². The molecule has 2 aromatic rings. The van der Waals surface area contributed by atoms with Crippen LogP contribution in [-0.2, 0) is 6.42 Å². The van der Waals surface area contributed by atoms with Gasteiger partial charge in [0.25, 0.3) is 0 Å². The highest BCUT2D eigenvalue weighted by Crippen LogP contribution is 2.21. The Kier molecular flexibility index (Phi) is 3.97. The molecule has 0 N–H and O–H groups in total. The second kappa shape index (κ2) is 5.47. The first kappa shape index (κ1) is 12.3. The van der Waals surface area contributed by atoms with Gasteiger partial charge in [0.05, 0.1) is 6.61 Å². The van der Waals surface area contributed by atoms with Gasteiger partial charge in [-0.05, 0) is 25.3 Å². The third kappa shape index (κ3) is 3.17. The van der Waals surface area contributed by atoms with Gasteiger partial charge in [-0.15, -0.1) is 11.3 Å². The third-order valence-corrected chi connectivity index (χ3v) is 3.63. The second-order valence-electron chi connectivity index (χ2n) is 3.67. The Bertz CT molecular complexity index is 499. The van der Waals surface area contributed by atoms with Crippen LogP contribution in [0.4, 0.5) is 0 Å². The molecule has 0 unspecified atom stereocenters. The molecule has 17 heavy (non-hydrogen) atoms. The van der Waals surface area contributed by atoms with Gasteiger partial charge < -0.3 is 4.74 Å². The Morgan fingerprint density at radius 3 is 2.88 bits per heavy atom. The summed E-state index contributed by atoms with van der Waals surface area (Å²) in [6.45, 7) is 4.27. The molecule has 0 fully saturated rings. The van der Waals surface area contributed by atoms with E-state index in [4.69, 9.17) is 16.3 Å². The highest BCUT2D eigenvalue weighted by molar-refractivity contribution is 7.09. The van der Waals surface area contributed by atoms with Crippen molar-refractivity contribution < 1.29 is 4.74 Å². The first-order chi connectivity index (χ1) is 8.16. The average Bonchev–Trinajstić information content (AvgIpc) is 2.78. The molecule has 5 heteroatoms. The van der Waals surface area contributed by atoms with Crippen LogP contribution in [0.15, 0.2) is 17.5 Å². The molecular formula is C12H13ClN2OS. The molecule has 0 atom stereocenters. The number of halogens is 1. The minimum Gasteiger partial charge on any atom is -0.477 e. The van der Waals surface area contributed by atoms with E-state index in [0.717, 1.165) is 12.0 Å². The Hall–Kier alpha value is -1.13. The lowest BCUT2D eigenvalue weighted by Crippen LogP contribution is -2.05. The quantitative estimate of drug-likeness (QED) is 0.797. The summed E-state index contributed by atoms with van der Waals surface area (Å²) in [5.74, 6) is 1.21. The van der Waals surface area contributed by atoms with E-state index in [1.807, 2.05) is 13.0 Å². The zero-order chi connectivity index (χ0) is 12.3. The molecule has 0 amide bonds. The van der Waals surface area contributed by atoms with Crippen LogP contribution in [0.25, 0.3) is 0 Å². The predicted molar refractivity (Wildman–Crippen MR) is 70.0 cm³/mol. The van der Waals surface area contributed by atoms with E-state index in [0.29, 0.717) is 23.5 Å². The van der Waals surface area contributed by atoms with E-state index < -0.39 is 0 Å². The van der Waals surface area contributed by atoms with Gasteiger partial charge in [-0.2, -0.15) is 4.98 Å². The number of hydrogen-bond donors (Lipinski definition) is 0. The molecule has 0 aliphatic carbocycles. The molecule has 0 radical (unpaired) electrons.